The van der Waals surface area contributed by atoms with Gasteiger partial charge in [0.05, 0.1) is 13.6 Å². The molecular weight excluding hydrogens is 520 g/mol. The summed E-state index contributed by atoms with van der Waals surface area (Å²) in [6.07, 6.45) is 53.6. The van der Waals surface area contributed by atoms with Crippen molar-refractivity contribution in [3.05, 3.63) is 18.2 Å². The van der Waals surface area contributed by atoms with Crippen LogP contribution in [0, 0.1) is 0 Å². The van der Waals surface area contributed by atoms with Crippen molar-refractivity contribution in [1.82, 2.24) is 4.57 Å². The molecule has 0 saturated heterocycles. The third kappa shape index (κ3) is 26.2. The third-order valence-corrected chi connectivity index (χ3v) is 9.97. The van der Waals surface area contributed by atoms with E-state index in [1.165, 1.54) is 225 Å². The first-order valence-corrected chi connectivity index (χ1v) is 20.3. The molecule has 0 bridgehead atoms. The number of aryl methyl sites for hydroxylation is 2. The van der Waals surface area contributed by atoms with Gasteiger partial charge in [0.1, 0.15) is 12.4 Å². The number of imidazole rings is 1. The molecular formula is C41H81N2+. The van der Waals surface area contributed by atoms with Gasteiger partial charge in [0.15, 0.2) is 0 Å². The smallest absolute Gasteiger partial charge is 0.237 e. The third-order valence-electron chi connectivity index (χ3n) is 9.97. The summed E-state index contributed by atoms with van der Waals surface area (Å²) in [5.41, 5.74) is 0. The van der Waals surface area contributed by atoms with Crippen LogP contribution >= 0.6 is 0 Å². The first kappa shape index (κ1) is 40.2. The van der Waals surface area contributed by atoms with Crippen molar-refractivity contribution in [3.63, 3.8) is 0 Å². The zero-order valence-corrected chi connectivity index (χ0v) is 30.3. The molecule has 1 aromatic rings. The molecule has 1 rings (SSSR count). The van der Waals surface area contributed by atoms with E-state index in [1.807, 2.05) is 0 Å². The highest BCUT2D eigenvalue weighted by molar-refractivity contribution is 4.84. The highest BCUT2D eigenvalue weighted by atomic mass is 15.1. The Labute approximate surface area is 272 Å². The second-order valence-electron chi connectivity index (χ2n) is 14.2. The Morgan fingerprint density at radius 2 is 0.674 bits per heavy atom. The van der Waals surface area contributed by atoms with Gasteiger partial charge in [0.25, 0.3) is 5.82 Å². The summed E-state index contributed by atoms with van der Waals surface area (Å²) in [4.78, 5) is 0. The standard InChI is InChI=1S/C41H81N2/c1-4-6-8-10-12-14-16-18-20-22-23-25-27-29-31-33-35-37-41-42(3)39-40-43(41)38-36-34-32-30-28-26-24-21-19-17-15-13-11-9-7-5-2/h39-40H,4-38H2,1-3H3/q+1. The maximum atomic E-state index is 2.55. The molecule has 0 aliphatic rings. The summed E-state index contributed by atoms with van der Waals surface area (Å²) in [6.45, 7) is 5.83. The molecule has 0 spiro atoms. The zero-order chi connectivity index (χ0) is 30.9. The fraction of sp³-hybridized carbons (Fsp3) is 0.927. The minimum Gasteiger partial charge on any atom is -0.237 e. The van der Waals surface area contributed by atoms with E-state index in [0.29, 0.717) is 0 Å². The van der Waals surface area contributed by atoms with Crippen LogP contribution in [0.5, 0.6) is 0 Å². The van der Waals surface area contributed by atoms with Gasteiger partial charge < -0.3 is 0 Å². The fourth-order valence-electron chi connectivity index (χ4n) is 6.92. The van der Waals surface area contributed by atoms with Gasteiger partial charge in [-0.15, -0.1) is 0 Å². The van der Waals surface area contributed by atoms with Crippen molar-refractivity contribution in [2.24, 2.45) is 7.05 Å². The van der Waals surface area contributed by atoms with Crippen LogP contribution in [0.25, 0.3) is 0 Å². The van der Waals surface area contributed by atoms with Gasteiger partial charge in [-0.3, -0.25) is 0 Å². The molecule has 0 fully saturated rings. The van der Waals surface area contributed by atoms with Crippen molar-refractivity contribution in [2.45, 2.75) is 239 Å². The van der Waals surface area contributed by atoms with Crippen LogP contribution in [-0.4, -0.2) is 4.57 Å². The SMILES string of the molecule is CCCCCCCCCCCCCCCCCCCc1n(CCCCCCCCCCCCCCCCCC)cc[n+]1C. The summed E-state index contributed by atoms with van der Waals surface area (Å²) in [6, 6.07) is 0. The second-order valence-corrected chi connectivity index (χ2v) is 14.2. The maximum Gasteiger partial charge on any atom is 0.256 e. The predicted octanol–water partition coefficient (Wildman–Crippen LogP) is 13.8. The van der Waals surface area contributed by atoms with Crippen LogP contribution in [0.1, 0.15) is 232 Å². The van der Waals surface area contributed by atoms with E-state index in [-0.39, 0.29) is 0 Å². The number of hydrogen-bond acceptors (Lipinski definition) is 0. The largest absolute Gasteiger partial charge is 0.256 e. The monoisotopic (exact) mass is 602 g/mol. The van der Waals surface area contributed by atoms with E-state index >= 15 is 0 Å². The van der Waals surface area contributed by atoms with Gasteiger partial charge in [-0.1, -0.05) is 206 Å². The average molecular weight is 602 g/mol. The molecule has 1 heterocycles. The first-order valence-electron chi connectivity index (χ1n) is 20.3. The topological polar surface area (TPSA) is 8.81 Å². The van der Waals surface area contributed by atoms with Crippen LogP contribution in [0.4, 0.5) is 0 Å². The quantitative estimate of drug-likeness (QED) is 0.0540. The van der Waals surface area contributed by atoms with E-state index in [0.717, 1.165) is 0 Å². The molecule has 0 aliphatic carbocycles. The molecule has 0 radical (unpaired) electrons. The average Bonchev–Trinajstić information content (AvgIpc) is 3.37. The number of nitrogens with zero attached hydrogens (tertiary/aromatic N) is 2. The van der Waals surface area contributed by atoms with Crippen molar-refractivity contribution >= 4 is 0 Å². The molecule has 43 heavy (non-hydrogen) atoms. The molecule has 0 N–H and O–H groups in total. The summed E-state index contributed by atoms with van der Waals surface area (Å²) in [5, 5.41) is 0. The lowest BCUT2D eigenvalue weighted by Crippen LogP contribution is -2.32. The lowest BCUT2D eigenvalue weighted by Gasteiger charge is -2.05. The molecule has 2 heteroatoms. The predicted molar refractivity (Wildman–Crippen MR) is 193 cm³/mol. The molecule has 0 unspecified atom stereocenters. The Balaban J connectivity index is 1.88. The number of aromatic nitrogens is 2. The highest BCUT2D eigenvalue weighted by Crippen LogP contribution is 2.16. The summed E-state index contributed by atoms with van der Waals surface area (Å²) >= 11 is 0. The Kier molecular flexibility index (Phi) is 30.5. The zero-order valence-electron chi connectivity index (χ0n) is 30.3. The minimum atomic E-state index is 1.22. The van der Waals surface area contributed by atoms with Crippen LogP contribution < -0.4 is 4.57 Å². The van der Waals surface area contributed by atoms with Crippen LogP contribution in [0.2, 0.25) is 0 Å². The minimum absolute atomic E-state index is 1.22. The molecule has 254 valence electrons. The van der Waals surface area contributed by atoms with Gasteiger partial charge in [0, 0.05) is 6.42 Å². The number of hydrogen-bond donors (Lipinski definition) is 0. The number of rotatable bonds is 35. The Morgan fingerprint density at radius 1 is 0.395 bits per heavy atom. The van der Waals surface area contributed by atoms with Crippen molar-refractivity contribution in [2.75, 3.05) is 0 Å². The Morgan fingerprint density at radius 3 is 1.00 bits per heavy atom. The molecule has 0 aliphatic heterocycles. The molecule has 0 atom stereocenters. The normalized spacial score (nSPS) is 11.6. The van der Waals surface area contributed by atoms with Crippen molar-refractivity contribution in [3.8, 4) is 0 Å². The highest BCUT2D eigenvalue weighted by Gasteiger charge is 2.13. The summed E-state index contributed by atoms with van der Waals surface area (Å²) < 4.78 is 4.93. The van der Waals surface area contributed by atoms with Crippen molar-refractivity contribution in [1.29, 1.82) is 0 Å². The van der Waals surface area contributed by atoms with Crippen LogP contribution in [0.3, 0.4) is 0 Å². The Hall–Kier alpha value is -0.790. The van der Waals surface area contributed by atoms with E-state index in [9.17, 15) is 0 Å². The lowest BCUT2D eigenvalue weighted by molar-refractivity contribution is -0.678. The van der Waals surface area contributed by atoms with E-state index in [4.69, 9.17) is 0 Å². The van der Waals surface area contributed by atoms with E-state index < -0.39 is 0 Å². The van der Waals surface area contributed by atoms with Crippen molar-refractivity contribution < 1.29 is 4.57 Å². The van der Waals surface area contributed by atoms with E-state index in [1.54, 1.807) is 5.82 Å². The van der Waals surface area contributed by atoms with Gasteiger partial charge in [-0.2, -0.15) is 0 Å². The molecule has 0 amide bonds. The second kappa shape index (κ2) is 32.6. The summed E-state index contributed by atoms with van der Waals surface area (Å²) in [7, 11) is 2.24. The van der Waals surface area contributed by atoms with Gasteiger partial charge in [-0.05, 0) is 19.3 Å². The Bertz CT molecular complexity index is 663. The van der Waals surface area contributed by atoms with E-state index in [2.05, 4.69) is 42.4 Å². The lowest BCUT2D eigenvalue weighted by atomic mass is 10.0. The van der Waals surface area contributed by atoms with Gasteiger partial charge >= 0.3 is 0 Å². The van der Waals surface area contributed by atoms with Gasteiger partial charge in [-0.25, -0.2) is 9.13 Å². The first-order chi connectivity index (χ1) is 21.3. The molecule has 2 nitrogen and oxygen atoms in total. The summed E-state index contributed by atoms with van der Waals surface area (Å²) in [5.74, 6) is 1.54. The molecule has 0 aromatic carbocycles. The number of unbranched alkanes of at least 4 members (excludes halogenated alkanes) is 31. The molecule has 1 aromatic heterocycles. The van der Waals surface area contributed by atoms with Gasteiger partial charge in [0.2, 0.25) is 0 Å². The fourth-order valence-corrected chi connectivity index (χ4v) is 6.92. The maximum absolute atomic E-state index is 2.55. The van der Waals surface area contributed by atoms with Crippen LogP contribution in [0.15, 0.2) is 12.4 Å². The molecule has 0 saturated carbocycles. The van der Waals surface area contributed by atoms with Crippen LogP contribution in [-0.2, 0) is 20.0 Å².